The number of halogens is 2. The van der Waals surface area contributed by atoms with Crippen LogP contribution in [0.1, 0.15) is 12.0 Å². The Bertz CT molecular complexity index is 555. The standard InChI is InChI=1S/C9H9FO2.C6H5ClO/c10-8-3-1-2-7(6-8)4-5-9(11)12;7-5-2-1-3-6(8)4-5/h1-3,6H,4-5H2,(H,11,12);1-4,8H. The summed E-state index contributed by atoms with van der Waals surface area (Å²) in [6, 6.07) is 12.4. The maximum Gasteiger partial charge on any atom is 0.303 e. The van der Waals surface area contributed by atoms with Gasteiger partial charge in [-0.3, -0.25) is 4.79 Å². The van der Waals surface area contributed by atoms with Crippen LogP contribution < -0.4 is 0 Å². The number of carboxylic acid groups (broad SMARTS) is 1. The van der Waals surface area contributed by atoms with Gasteiger partial charge < -0.3 is 10.2 Å². The first-order chi connectivity index (χ1) is 9.47. The summed E-state index contributed by atoms with van der Waals surface area (Å²) in [6.07, 6.45) is 0.427. The number of hydrogen-bond donors (Lipinski definition) is 2. The van der Waals surface area contributed by atoms with E-state index in [0.29, 0.717) is 11.4 Å². The van der Waals surface area contributed by atoms with Gasteiger partial charge in [-0.05, 0) is 42.3 Å². The fourth-order valence-electron chi connectivity index (χ4n) is 1.42. The second kappa shape index (κ2) is 8.17. The minimum Gasteiger partial charge on any atom is -0.508 e. The van der Waals surface area contributed by atoms with Gasteiger partial charge in [-0.25, -0.2) is 4.39 Å². The topological polar surface area (TPSA) is 57.5 Å². The minimum atomic E-state index is -0.862. The third-order valence-electron chi connectivity index (χ3n) is 2.32. The van der Waals surface area contributed by atoms with Crippen LogP contribution in [0.2, 0.25) is 5.02 Å². The van der Waals surface area contributed by atoms with Gasteiger partial charge in [0.25, 0.3) is 0 Å². The average Bonchev–Trinajstić information content (AvgIpc) is 2.37. The first-order valence-corrected chi connectivity index (χ1v) is 6.26. The van der Waals surface area contributed by atoms with Crippen LogP contribution in [0.4, 0.5) is 4.39 Å². The quantitative estimate of drug-likeness (QED) is 0.903. The molecule has 2 rings (SSSR count). The number of aromatic hydroxyl groups is 1. The van der Waals surface area contributed by atoms with Gasteiger partial charge in [0.15, 0.2) is 0 Å². The highest BCUT2D eigenvalue weighted by molar-refractivity contribution is 6.30. The van der Waals surface area contributed by atoms with Crippen LogP contribution in [-0.4, -0.2) is 16.2 Å². The molecule has 0 amide bonds. The Kier molecular flexibility index (Phi) is 6.53. The molecule has 0 aromatic heterocycles. The zero-order chi connectivity index (χ0) is 15.0. The number of carbonyl (C=O) groups is 1. The molecule has 0 unspecified atom stereocenters. The van der Waals surface area contributed by atoms with E-state index in [0.717, 1.165) is 5.56 Å². The highest BCUT2D eigenvalue weighted by Gasteiger charge is 1.99. The van der Waals surface area contributed by atoms with Crippen molar-refractivity contribution in [2.45, 2.75) is 12.8 Å². The van der Waals surface area contributed by atoms with Crippen LogP contribution >= 0.6 is 11.6 Å². The molecule has 5 heteroatoms. The summed E-state index contributed by atoms with van der Waals surface area (Å²) in [4.78, 5) is 10.2. The molecule has 0 spiro atoms. The van der Waals surface area contributed by atoms with E-state index in [2.05, 4.69) is 0 Å². The third-order valence-corrected chi connectivity index (χ3v) is 2.56. The predicted molar refractivity (Wildman–Crippen MR) is 75.5 cm³/mol. The summed E-state index contributed by atoms with van der Waals surface area (Å²) >= 11 is 5.48. The molecule has 0 atom stereocenters. The monoisotopic (exact) mass is 296 g/mol. The lowest BCUT2D eigenvalue weighted by Crippen LogP contribution is -1.97. The van der Waals surface area contributed by atoms with E-state index in [-0.39, 0.29) is 18.0 Å². The van der Waals surface area contributed by atoms with Gasteiger partial charge in [-0.2, -0.15) is 0 Å². The molecule has 0 saturated heterocycles. The summed E-state index contributed by atoms with van der Waals surface area (Å²) in [7, 11) is 0. The Morgan fingerprint density at radius 1 is 1.15 bits per heavy atom. The molecule has 2 N–H and O–H groups in total. The van der Waals surface area contributed by atoms with Gasteiger partial charge in [0.2, 0.25) is 0 Å². The van der Waals surface area contributed by atoms with Gasteiger partial charge in [0.05, 0.1) is 0 Å². The second-order valence-corrected chi connectivity index (χ2v) is 4.44. The molecule has 20 heavy (non-hydrogen) atoms. The van der Waals surface area contributed by atoms with Crippen molar-refractivity contribution in [1.29, 1.82) is 0 Å². The number of aliphatic carboxylic acids is 1. The molecule has 2 aromatic carbocycles. The normalized spacial score (nSPS) is 9.50. The first-order valence-electron chi connectivity index (χ1n) is 5.88. The van der Waals surface area contributed by atoms with Crippen LogP contribution in [0.3, 0.4) is 0 Å². The summed E-state index contributed by atoms with van der Waals surface area (Å²) < 4.78 is 12.5. The Balaban J connectivity index is 0.000000217. The zero-order valence-corrected chi connectivity index (χ0v) is 11.3. The van der Waals surface area contributed by atoms with Gasteiger partial charge in [0, 0.05) is 11.4 Å². The highest BCUT2D eigenvalue weighted by atomic mass is 35.5. The van der Waals surface area contributed by atoms with Crippen LogP contribution in [-0.2, 0) is 11.2 Å². The average molecular weight is 297 g/mol. The largest absolute Gasteiger partial charge is 0.508 e. The Hall–Kier alpha value is -2.07. The van der Waals surface area contributed by atoms with E-state index < -0.39 is 5.97 Å². The molecule has 2 aromatic rings. The Morgan fingerprint density at radius 3 is 2.35 bits per heavy atom. The van der Waals surface area contributed by atoms with Crippen molar-refractivity contribution < 1.29 is 19.4 Å². The van der Waals surface area contributed by atoms with Crippen molar-refractivity contribution in [2.75, 3.05) is 0 Å². The van der Waals surface area contributed by atoms with Crippen LogP contribution in [0.25, 0.3) is 0 Å². The lowest BCUT2D eigenvalue weighted by Gasteiger charge is -1.97. The number of phenols is 1. The molecular formula is C15H14ClFO3. The number of hydrogen-bond acceptors (Lipinski definition) is 2. The minimum absolute atomic E-state index is 0.0451. The molecule has 0 aliphatic heterocycles. The molecule has 0 aliphatic carbocycles. The Labute approximate surface area is 121 Å². The predicted octanol–water partition coefficient (Wildman–Crippen LogP) is 3.89. The fourth-order valence-corrected chi connectivity index (χ4v) is 1.60. The number of benzene rings is 2. The summed E-state index contributed by atoms with van der Waals surface area (Å²) in [5.41, 5.74) is 0.720. The summed E-state index contributed by atoms with van der Waals surface area (Å²) in [6.45, 7) is 0. The van der Waals surface area contributed by atoms with Crippen molar-refractivity contribution in [3.8, 4) is 5.75 Å². The molecule has 0 radical (unpaired) electrons. The number of aryl methyl sites for hydroxylation is 1. The lowest BCUT2D eigenvalue weighted by atomic mass is 10.1. The molecular weight excluding hydrogens is 283 g/mol. The number of rotatable bonds is 3. The zero-order valence-electron chi connectivity index (χ0n) is 10.6. The van der Waals surface area contributed by atoms with Crippen LogP contribution in [0.5, 0.6) is 5.75 Å². The fraction of sp³-hybridized carbons (Fsp3) is 0.133. The van der Waals surface area contributed by atoms with Gasteiger partial charge >= 0.3 is 5.97 Å². The van der Waals surface area contributed by atoms with Gasteiger partial charge in [-0.1, -0.05) is 29.8 Å². The van der Waals surface area contributed by atoms with E-state index in [1.807, 2.05) is 0 Å². The van der Waals surface area contributed by atoms with Crippen LogP contribution in [0, 0.1) is 5.82 Å². The maximum absolute atomic E-state index is 12.5. The summed E-state index contributed by atoms with van der Waals surface area (Å²) in [5.74, 6) is -0.977. The van der Waals surface area contributed by atoms with Gasteiger partial charge in [0.1, 0.15) is 11.6 Å². The van der Waals surface area contributed by atoms with Crippen molar-refractivity contribution in [2.24, 2.45) is 0 Å². The van der Waals surface area contributed by atoms with E-state index in [4.69, 9.17) is 21.8 Å². The molecule has 106 valence electrons. The smallest absolute Gasteiger partial charge is 0.303 e. The SMILES string of the molecule is O=C(O)CCc1cccc(F)c1.Oc1cccc(Cl)c1. The van der Waals surface area contributed by atoms with Crippen molar-refractivity contribution >= 4 is 17.6 Å². The molecule has 0 fully saturated rings. The van der Waals surface area contributed by atoms with E-state index in [1.54, 1.807) is 30.3 Å². The second-order valence-electron chi connectivity index (χ2n) is 4.00. The number of carboxylic acids is 1. The van der Waals surface area contributed by atoms with Gasteiger partial charge in [-0.15, -0.1) is 0 Å². The van der Waals surface area contributed by atoms with E-state index >= 15 is 0 Å². The maximum atomic E-state index is 12.5. The van der Waals surface area contributed by atoms with Crippen molar-refractivity contribution in [3.63, 3.8) is 0 Å². The molecule has 0 heterocycles. The highest BCUT2D eigenvalue weighted by Crippen LogP contribution is 2.14. The van der Waals surface area contributed by atoms with E-state index in [1.165, 1.54) is 18.2 Å². The molecule has 3 nitrogen and oxygen atoms in total. The molecule has 0 saturated carbocycles. The lowest BCUT2D eigenvalue weighted by molar-refractivity contribution is -0.136. The molecule has 0 aliphatic rings. The Morgan fingerprint density at radius 2 is 1.85 bits per heavy atom. The first kappa shape index (κ1) is 16.0. The molecule has 0 bridgehead atoms. The van der Waals surface area contributed by atoms with Crippen LogP contribution in [0.15, 0.2) is 48.5 Å². The van der Waals surface area contributed by atoms with Crippen molar-refractivity contribution in [1.82, 2.24) is 0 Å². The number of phenolic OH excluding ortho intramolecular Hbond substituents is 1. The van der Waals surface area contributed by atoms with Crippen molar-refractivity contribution in [3.05, 3.63) is 64.9 Å². The third kappa shape index (κ3) is 6.75. The van der Waals surface area contributed by atoms with E-state index in [9.17, 15) is 9.18 Å². The summed E-state index contributed by atoms with van der Waals surface area (Å²) in [5, 5.41) is 17.6.